The molecule has 2 rings (SSSR count). The van der Waals surface area contributed by atoms with Gasteiger partial charge in [-0.05, 0) is 37.4 Å². The van der Waals surface area contributed by atoms with Crippen LogP contribution in [0.15, 0.2) is 22.8 Å². The zero-order chi connectivity index (χ0) is 11.1. The van der Waals surface area contributed by atoms with E-state index in [1.807, 2.05) is 12.1 Å². The summed E-state index contributed by atoms with van der Waals surface area (Å²) in [6, 6.07) is 3.97. The molecule has 1 fully saturated rings. The van der Waals surface area contributed by atoms with Crippen molar-refractivity contribution in [2.24, 2.45) is 5.92 Å². The molecule has 0 atom stereocenters. The zero-order valence-corrected chi connectivity index (χ0v) is 10.1. The molecule has 0 unspecified atom stereocenters. The molecule has 1 saturated carbocycles. The highest BCUT2D eigenvalue weighted by atomic mass is 16.3. The van der Waals surface area contributed by atoms with Gasteiger partial charge in [-0.1, -0.05) is 32.1 Å². The van der Waals surface area contributed by atoms with Crippen molar-refractivity contribution < 1.29 is 4.42 Å². The molecule has 1 aliphatic rings. The van der Waals surface area contributed by atoms with Gasteiger partial charge in [-0.3, -0.25) is 0 Å². The molecular weight excluding hydrogens is 198 g/mol. The van der Waals surface area contributed by atoms with Crippen molar-refractivity contribution in [2.45, 2.75) is 51.5 Å². The van der Waals surface area contributed by atoms with Gasteiger partial charge in [0, 0.05) is 0 Å². The van der Waals surface area contributed by atoms with E-state index < -0.39 is 0 Å². The second-order valence-corrected chi connectivity index (χ2v) is 4.90. The van der Waals surface area contributed by atoms with Crippen molar-refractivity contribution in [1.82, 2.24) is 5.32 Å². The van der Waals surface area contributed by atoms with Crippen molar-refractivity contribution in [2.75, 3.05) is 6.54 Å². The van der Waals surface area contributed by atoms with Crippen molar-refractivity contribution in [3.63, 3.8) is 0 Å². The fourth-order valence-corrected chi connectivity index (χ4v) is 2.62. The lowest BCUT2D eigenvalue weighted by atomic mass is 9.86. The van der Waals surface area contributed by atoms with E-state index in [0.29, 0.717) is 0 Å². The third-order valence-corrected chi connectivity index (χ3v) is 3.57. The summed E-state index contributed by atoms with van der Waals surface area (Å²) < 4.78 is 5.27. The summed E-state index contributed by atoms with van der Waals surface area (Å²) >= 11 is 0. The van der Waals surface area contributed by atoms with Crippen LogP contribution >= 0.6 is 0 Å². The molecule has 16 heavy (non-hydrogen) atoms. The minimum atomic E-state index is 0.873. The van der Waals surface area contributed by atoms with Crippen LogP contribution in [0.4, 0.5) is 0 Å². The van der Waals surface area contributed by atoms with Crippen LogP contribution < -0.4 is 5.32 Å². The standard InChI is InChI=1S/C14H23NO/c1-2-6-13(7-3-1)8-4-10-15-12-14-9-5-11-16-14/h5,9,11,13,15H,1-4,6-8,10,12H2. The first kappa shape index (κ1) is 11.7. The Hall–Kier alpha value is -0.760. The van der Waals surface area contributed by atoms with Crippen LogP contribution in [0.1, 0.15) is 50.7 Å². The third-order valence-electron chi connectivity index (χ3n) is 3.57. The Morgan fingerprint density at radius 2 is 2.12 bits per heavy atom. The molecule has 0 aliphatic heterocycles. The quantitative estimate of drug-likeness (QED) is 0.740. The molecule has 0 radical (unpaired) electrons. The van der Waals surface area contributed by atoms with Crippen molar-refractivity contribution >= 4 is 0 Å². The van der Waals surface area contributed by atoms with E-state index in [1.165, 1.54) is 44.9 Å². The van der Waals surface area contributed by atoms with Gasteiger partial charge in [0.15, 0.2) is 0 Å². The maximum atomic E-state index is 5.27. The van der Waals surface area contributed by atoms with Gasteiger partial charge in [0.1, 0.15) is 5.76 Å². The van der Waals surface area contributed by atoms with Crippen LogP contribution in [0.2, 0.25) is 0 Å². The summed E-state index contributed by atoms with van der Waals surface area (Å²) in [7, 11) is 0. The fourth-order valence-electron chi connectivity index (χ4n) is 2.62. The fraction of sp³-hybridized carbons (Fsp3) is 0.714. The van der Waals surface area contributed by atoms with Crippen LogP contribution in [0, 0.1) is 5.92 Å². The normalized spacial score (nSPS) is 17.8. The summed E-state index contributed by atoms with van der Waals surface area (Å²) in [5.41, 5.74) is 0. The molecule has 0 saturated heterocycles. The van der Waals surface area contributed by atoms with Gasteiger partial charge in [-0.25, -0.2) is 0 Å². The first-order valence-corrected chi connectivity index (χ1v) is 6.68. The number of hydrogen-bond acceptors (Lipinski definition) is 2. The Bertz CT molecular complexity index is 262. The van der Waals surface area contributed by atoms with Gasteiger partial charge in [0.25, 0.3) is 0 Å². The lowest BCUT2D eigenvalue weighted by Gasteiger charge is -2.21. The number of nitrogens with one attached hydrogen (secondary N) is 1. The van der Waals surface area contributed by atoms with Gasteiger partial charge in [-0.2, -0.15) is 0 Å². The summed E-state index contributed by atoms with van der Waals surface area (Å²) in [6.07, 6.45) is 11.8. The van der Waals surface area contributed by atoms with Gasteiger partial charge in [0.05, 0.1) is 12.8 Å². The molecule has 2 heteroatoms. The summed E-state index contributed by atoms with van der Waals surface area (Å²) in [4.78, 5) is 0. The Kier molecular flexibility index (Phi) is 4.94. The SMILES string of the molecule is c1coc(CNCCCC2CCCCC2)c1. The maximum Gasteiger partial charge on any atom is 0.117 e. The summed E-state index contributed by atoms with van der Waals surface area (Å²) in [6.45, 7) is 1.99. The van der Waals surface area contributed by atoms with Gasteiger partial charge >= 0.3 is 0 Å². The van der Waals surface area contributed by atoms with Gasteiger partial charge in [0.2, 0.25) is 0 Å². The number of hydrogen-bond donors (Lipinski definition) is 1. The maximum absolute atomic E-state index is 5.27. The Balaban J connectivity index is 1.48. The Labute approximate surface area is 98.4 Å². The molecule has 90 valence electrons. The van der Waals surface area contributed by atoms with Crippen molar-refractivity contribution in [3.8, 4) is 0 Å². The topological polar surface area (TPSA) is 25.2 Å². The number of furan rings is 1. The van der Waals surface area contributed by atoms with E-state index in [1.54, 1.807) is 6.26 Å². The highest BCUT2D eigenvalue weighted by molar-refractivity contribution is 4.97. The van der Waals surface area contributed by atoms with Gasteiger partial charge < -0.3 is 9.73 Å². The predicted octanol–water partition coefficient (Wildman–Crippen LogP) is 3.73. The molecular formula is C14H23NO. The minimum Gasteiger partial charge on any atom is -0.468 e. The van der Waals surface area contributed by atoms with E-state index in [-0.39, 0.29) is 0 Å². The Morgan fingerprint density at radius 3 is 2.88 bits per heavy atom. The summed E-state index contributed by atoms with van der Waals surface area (Å²) in [5.74, 6) is 2.05. The molecule has 0 aromatic carbocycles. The molecule has 0 bridgehead atoms. The Morgan fingerprint density at radius 1 is 1.25 bits per heavy atom. The first-order valence-electron chi connectivity index (χ1n) is 6.68. The van der Waals surface area contributed by atoms with E-state index in [0.717, 1.165) is 24.8 Å². The monoisotopic (exact) mass is 221 g/mol. The lowest BCUT2D eigenvalue weighted by molar-refractivity contribution is 0.329. The molecule has 0 spiro atoms. The van der Waals surface area contributed by atoms with Crippen molar-refractivity contribution in [3.05, 3.63) is 24.2 Å². The highest BCUT2D eigenvalue weighted by Crippen LogP contribution is 2.26. The molecule has 1 heterocycles. The first-order chi connectivity index (χ1) is 7.95. The highest BCUT2D eigenvalue weighted by Gasteiger charge is 2.12. The average Bonchev–Trinajstić information content (AvgIpc) is 2.83. The van der Waals surface area contributed by atoms with Crippen LogP contribution in [0.25, 0.3) is 0 Å². The van der Waals surface area contributed by atoms with E-state index in [9.17, 15) is 0 Å². The number of rotatable bonds is 6. The van der Waals surface area contributed by atoms with E-state index in [4.69, 9.17) is 4.42 Å². The average molecular weight is 221 g/mol. The molecule has 1 N–H and O–H groups in total. The smallest absolute Gasteiger partial charge is 0.117 e. The lowest BCUT2D eigenvalue weighted by Crippen LogP contribution is -2.16. The summed E-state index contributed by atoms with van der Waals surface area (Å²) in [5, 5.41) is 3.43. The van der Waals surface area contributed by atoms with E-state index >= 15 is 0 Å². The predicted molar refractivity (Wildman–Crippen MR) is 66.2 cm³/mol. The second-order valence-electron chi connectivity index (χ2n) is 4.90. The molecule has 1 aliphatic carbocycles. The van der Waals surface area contributed by atoms with E-state index in [2.05, 4.69) is 5.32 Å². The molecule has 1 aromatic heterocycles. The largest absolute Gasteiger partial charge is 0.468 e. The molecule has 0 amide bonds. The minimum absolute atomic E-state index is 0.873. The van der Waals surface area contributed by atoms with Crippen molar-refractivity contribution in [1.29, 1.82) is 0 Å². The zero-order valence-electron chi connectivity index (χ0n) is 10.1. The van der Waals surface area contributed by atoms with Crippen LogP contribution in [-0.4, -0.2) is 6.54 Å². The molecule has 2 nitrogen and oxygen atoms in total. The van der Waals surface area contributed by atoms with Gasteiger partial charge in [-0.15, -0.1) is 0 Å². The third kappa shape index (κ3) is 4.01. The van der Waals surface area contributed by atoms with Crippen LogP contribution in [0.5, 0.6) is 0 Å². The van der Waals surface area contributed by atoms with Crippen LogP contribution in [-0.2, 0) is 6.54 Å². The second kappa shape index (κ2) is 6.74. The molecule has 1 aromatic rings. The van der Waals surface area contributed by atoms with Crippen LogP contribution in [0.3, 0.4) is 0 Å².